The van der Waals surface area contributed by atoms with Gasteiger partial charge in [-0.15, -0.1) is 0 Å². The lowest BCUT2D eigenvalue weighted by Crippen LogP contribution is -2.23. The molecule has 6 nitrogen and oxygen atoms in total. The van der Waals surface area contributed by atoms with E-state index < -0.39 is 10.0 Å². The number of hydrogen-bond donors (Lipinski definition) is 2. The number of nitrogens with two attached hydrogens (primary N) is 1. The SMILES string of the molecule is NS(=O)(=O)c1ccc(CCNC(=O)/C=C/c2ccc(Br)o2)cc1. The molecule has 0 fully saturated rings. The molecule has 23 heavy (non-hydrogen) atoms. The average Bonchev–Trinajstić information content (AvgIpc) is 2.90. The zero-order valence-electron chi connectivity index (χ0n) is 12.0. The molecule has 2 aromatic rings. The Morgan fingerprint density at radius 2 is 1.91 bits per heavy atom. The molecule has 0 aliphatic rings. The number of primary sulfonamides is 1. The molecule has 0 radical (unpaired) electrons. The van der Waals surface area contributed by atoms with Crippen LogP contribution in [0.15, 0.2) is 56.5 Å². The van der Waals surface area contributed by atoms with Crippen molar-refractivity contribution in [3.63, 3.8) is 0 Å². The number of furan rings is 1. The van der Waals surface area contributed by atoms with Gasteiger partial charge in [-0.2, -0.15) is 0 Å². The topological polar surface area (TPSA) is 102 Å². The second kappa shape index (κ2) is 7.58. The van der Waals surface area contributed by atoms with Crippen LogP contribution in [0.5, 0.6) is 0 Å². The number of sulfonamides is 1. The van der Waals surface area contributed by atoms with Crippen molar-refractivity contribution in [1.29, 1.82) is 0 Å². The zero-order chi connectivity index (χ0) is 16.9. The van der Waals surface area contributed by atoms with E-state index in [9.17, 15) is 13.2 Å². The van der Waals surface area contributed by atoms with Gasteiger partial charge in [-0.25, -0.2) is 13.6 Å². The van der Waals surface area contributed by atoms with Crippen LogP contribution in [0.2, 0.25) is 0 Å². The quantitative estimate of drug-likeness (QED) is 0.726. The lowest BCUT2D eigenvalue weighted by Gasteiger charge is -2.04. The Labute approximate surface area is 142 Å². The first-order valence-corrected chi connectivity index (χ1v) is 9.01. The third kappa shape index (κ3) is 5.66. The fraction of sp³-hybridized carbons (Fsp3) is 0.133. The Morgan fingerprint density at radius 3 is 2.48 bits per heavy atom. The highest BCUT2D eigenvalue weighted by atomic mass is 79.9. The predicted octanol–water partition coefficient (Wildman–Crippen LogP) is 2.06. The van der Waals surface area contributed by atoms with E-state index in [4.69, 9.17) is 9.56 Å². The van der Waals surface area contributed by atoms with Gasteiger partial charge in [-0.1, -0.05) is 12.1 Å². The van der Waals surface area contributed by atoms with Crippen LogP contribution < -0.4 is 10.5 Å². The number of rotatable bonds is 6. The van der Waals surface area contributed by atoms with E-state index >= 15 is 0 Å². The molecular weight excluding hydrogens is 384 g/mol. The summed E-state index contributed by atoms with van der Waals surface area (Å²) in [6.07, 6.45) is 3.53. The maximum absolute atomic E-state index is 11.7. The lowest BCUT2D eigenvalue weighted by atomic mass is 10.1. The van der Waals surface area contributed by atoms with Crippen molar-refractivity contribution in [2.45, 2.75) is 11.3 Å². The third-order valence-corrected chi connectivity index (χ3v) is 4.31. The standard InChI is InChI=1S/C15H15BrN2O4S/c16-14-7-3-12(22-14)4-8-15(19)18-10-9-11-1-5-13(6-2-11)23(17,20)21/h1-8H,9-10H2,(H,18,19)(H2,17,20,21)/b8-4+. The third-order valence-electron chi connectivity index (χ3n) is 2.96. The molecule has 8 heteroatoms. The molecule has 0 saturated heterocycles. The highest BCUT2D eigenvalue weighted by molar-refractivity contribution is 9.10. The number of hydrogen-bond acceptors (Lipinski definition) is 4. The Kier molecular flexibility index (Phi) is 5.75. The predicted molar refractivity (Wildman–Crippen MR) is 90.0 cm³/mol. The van der Waals surface area contributed by atoms with Gasteiger partial charge in [0.15, 0.2) is 4.67 Å². The number of amides is 1. The molecule has 0 aliphatic heterocycles. The summed E-state index contributed by atoms with van der Waals surface area (Å²) in [4.78, 5) is 11.7. The smallest absolute Gasteiger partial charge is 0.244 e. The van der Waals surface area contributed by atoms with Crippen molar-refractivity contribution in [2.24, 2.45) is 5.14 Å². The molecule has 2 rings (SSSR count). The van der Waals surface area contributed by atoms with E-state index in [1.807, 2.05) is 0 Å². The van der Waals surface area contributed by atoms with Gasteiger partial charge in [0.25, 0.3) is 0 Å². The molecule has 0 unspecified atom stereocenters. The first-order chi connectivity index (χ1) is 10.8. The highest BCUT2D eigenvalue weighted by Gasteiger charge is 2.06. The summed E-state index contributed by atoms with van der Waals surface area (Å²) >= 11 is 3.18. The van der Waals surface area contributed by atoms with Gasteiger partial charge in [0.05, 0.1) is 4.90 Å². The molecule has 3 N–H and O–H groups in total. The highest BCUT2D eigenvalue weighted by Crippen LogP contribution is 2.14. The Hall–Kier alpha value is -1.90. The number of benzene rings is 1. The number of halogens is 1. The Balaban J connectivity index is 1.80. The monoisotopic (exact) mass is 398 g/mol. The summed E-state index contributed by atoms with van der Waals surface area (Å²) < 4.78 is 28.1. The lowest BCUT2D eigenvalue weighted by molar-refractivity contribution is -0.116. The van der Waals surface area contributed by atoms with Crippen LogP contribution in [0.25, 0.3) is 6.08 Å². The van der Waals surface area contributed by atoms with Crippen LogP contribution in [-0.4, -0.2) is 20.9 Å². The van der Waals surface area contributed by atoms with Gasteiger partial charge >= 0.3 is 0 Å². The van der Waals surface area contributed by atoms with Crippen molar-refractivity contribution in [3.05, 3.63) is 58.5 Å². The maximum Gasteiger partial charge on any atom is 0.244 e. The molecule has 0 bridgehead atoms. The largest absolute Gasteiger partial charge is 0.450 e. The number of carbonyl (C=O) groups is 1. The second-order valence-electron chi connectivity index (χ2n) is 4.71. The number of carbonyl (C=O) groups excluding carboxylic acids is 1. The normalized spacial score (nSPS) is 11.7. The van der Waals surface area contributed by atoms with Crippen LogP contribution in [0.4, 0.5) is 0 Å². The summed E-state index contributed by atoms with van der Waals surface area (Å²) in [6.45, 7) is 0.430. The van der Waals surface area contributed by atoms with Gasteiger partial charge < -0.3 is 9.73 Å². The molecule has 0 atom stereocenters. The second-order valence-corrected chi connectivity index (χ2v) is 7.05. The van der Waals surface area contributed by atoms with E-state index in [-0.39, 0.29) is 10.8 Å². The van der Waals surface area contributed by atoms with Crippen LogP contribution in [0, 0.1) is 0 Å². The summed E-state index contributed by atoms with van der Waals surface area (Å²) in [5, 5.41) is 7.76. The van der Waals surface area contributed by atoms with E-state index in [0.717, 1.165) is 5.56 Å². The summed E-state index contributed by atoms with van der Waals surface area (Å²) in [6, 6.07) is 9.70. The molecular formula is C15H15BrN2O4S. The molecule has 122 valence electrons. The molecule has 0 spiro atoms. The van der Waals surface area contributed by atoms with Gasteiger partial charge in [-0.3, -0.25) is 4.79 Å². The fourth-order valence-corrected chi connectivity index (χ4v) is 2.64. The molecule has 1 amide bonds. The van der Waals surface area contributed by atoms with Crippen molar-refractivity contribution in [1.82, 2.24) is 5.32 Å². The van der Waals surface area contributed by atoms with E-state index in [1.165, 1.54) is 18.2 Å². The van der Waals surface area contributed by atoms with E-state index in [2.05, 4.69) is 21.2 Å². The van der Waals surface area contributed by atoms with Crippen LogP contribution in [0.1, 0.15) is 11.3 Å². The van der Waals surface area contributed by atoms with Crippen molar-refractivity contribution < 1.29 is 17.6 Å². The minimum Gasteiger partial charge on any atom is -0.450 e. The number of nitrogens with one attached hydrogen (secondary N) is 1. The minimum absolute atomic E-state index is 0.0674. The molecule has 1 heterocycles. The summed E-state index contributed by atoms with van der Waals surface area (Å²) in [5.41, 5.74) is 0.900. The molecule has 1 aromatic heterocycles. The van der Waals surface area contributed by atoms with Crippen LogP contribution in [-0.2, 0) is 21.2 Å². The van der Waals surface area contributed by atoms with Gasteiger partial charge in [0, 0.05) is 12.6 Å². The minimum atomic E-state index is -3.68. The first-order valence-electron chi connectivity index (χ1n) is 6.67. The van der Waals surface area contributed by atoms with Gasteiger partial charge in [0.1, 0.15) is 5.76 Å². The van der Waals surface area contributed by atoms with Crippen molar-refractivity contribution in [3.8, 4) is 0 Å². The van der Waals surface area contributed by atoms with Gasteiger partial charge in [0.2, 0.25) is 15.9 Å². The zero-order valence-corrected chi connectivity index (χ0v) is 14.4. The van der Waals surface area contributed by atoms with E-state index in [0.29, 0.717) is 23.4 Å². The maximum atomic E-state index is 11.7. The molecule has 1 aromatic carbocycles. The fourth-order valence-electron chi connectivity index (χ4n) is 1.81. The summed E-state index contributed by atoms with van der Waals surface area (Å²) in [7, 11) is -3.68. The van der Waals surface area contributed by atoms with Crippen LogP contribution in [0.3, 0.4) is 0 Å². The van der Waals surface area contributed by atoms with Crippen molar-refractivity contribution in [2.75, 3.05) is 6.54 Å². The average molecular weight is 399 g/mol. The summed E-state index contributed by atoms with van der Waals surface area (Å²) in [5.74, 6) is 0.337. The Morgan fingerprint density at radius 1 is 1.22 bits per heavy atom. The molecule has 0 aliphatic carbocycles. The first kappa shape index (κ1) is 17.5. The Bertz CT molecular complexity index is 810. The molecule has 0 saturated carbocycles. The van der Waals surface area contributed by atoms with E-state index in [1.54, 1.807) is 30.3 Å². The van der Waals surface area contributed by atoms with Crippen molar-refractivity contribution >= 4 is 37.9 Å². The van der Waals surface area contributed by atoms with Gasteiger partial charge in [-0.05, 0) is 58.3 Å². The van der Waals surface area contributed by atoms with Crippen LogP contribution >= 0.6 is 15.9 Å².